The Labute approximate surface area is 115 Å². The number of rotatable bonds is 3. The van der Waals surface area contributed by atoms with Gasteiger partial charge in [-0.1, -0.05) is 0 Å². The zero-order valence-electron chi connectivity index (χ0n) is 11.0. The van der Waals surface area contributed by atoms with Gasteiger partial charge in [-0.3, -0.25) is 0 Å². The third-order valence-corrected chi connectivity index (χ3v) is 3.25. The van der Waals surface area contributed by atoms with E-state index in [1.807, 2.05) is 0 Å². The fourth-order valence-corrected chi connectivity index (χ4v) is 2.00. The molecule has 1 atom stereocenters. The topological polar surface area (TPSA) is 99.1 Å². The number of carbonyl (C=O) groups is 2. The van der Waals surface area contributed by atoms with Crippen molar-refractivity contribution in [2.24, 2.45) is 0 Å². The smallest absolute Gasteiger partial charge is 0.339 e. The molecule has 0 saturated carbocycles. The molecule has 108 valence electrons. The summed E-state index contributed by atoms with van der Waals surface area (Å²) < 4.78 is 5.21. The zero-order chi connectivity index (χ0) is 14.7. The quantitative estimate of drug-likeness (QED) is 0.776. The molecule has 1 aliphatic rings. The minimum Gasteiger partial charge on any atom is -0.507 e. The van der Waals surface area contributed by atoms with Crippen molar-refractivity contribution in [3.63, 3.8) is 0 Å². The van der Waals surface area contributed by atoms with Gasteiger partial charge in [0, 0.05) is 25.4 Å². The van der Waals surface area contributed by atoms with Gasteiger partial charge in [0.05, 0.1) is 12.6 Å². The number of nitrogens with one attached hydrogen (secondary N) is 1. The average molecular weight is 280 g/mol. The molecular formula is C13H16N2O5. The first kappa shape index (κ1) is 14.1. The van der Waals surface area contributed by atoms with Crippen LogP contribution in [0.15, 0.2) is 18.2 Å². The van der Waals surface area contributed by atoms with E-state index in [2.05, 4.69) is 5.32 Å². The Bertz CT molecular complexity index is 525. The summed E-state index contributed by atoms with van der Waals surface area (Å²) in [5.41, 5.74) is 0.129. The normalized spacial score (nSPS) is 17.8. The number of carboxylic acid groups (broad SMARTS) is 1. The van der Waals surface area contributed by atoms with E-state index in [9.17, 15) is 14.7 Å². The SMILES string of the molecule is CN(C(=O)Nc1ccc(C(=O)O)c(O)c1)C1CCOC1. The van der Waals surface area contributed by atoms with Gasteiger partial charge < -0.3 is 25.2 Å². The van der Waals surface area contributed by atoms with E-state index >= 15 is 0 Å². The van der Waals surface area contributed by atoms with Crippen LogP contribution in [0.2, 0.25) is 0 Å². The predicted octanol–water partition coefficient (Wildman–Crippen LogP) is 1.34. The van der Waals surface area contributed by atoms with Gasteiger partial charge in [-0.25, -0.2) is 9.59 Å². The molecular weight excluding hydrogens is 264 g/mol. The largest absolute Gasteiger partial charge is 0.507 e. The summed E-state index contributed by atoms with van der Waals surface area (Å²) in [5, 5.41) is 21.0. The molecule has 0 radical (unpaired) electrons. The van der Waals surface area contributed by atoms with Crippen LogP contribution >= 0.6 is 0 Å². The van der Waals surface area contributed by atoms with E-state index < -0.39 is 5.97 Å². The number of benzene rings is 1. The number of anilines is 1. The van der Waals surface area contributed by atoms with Crippen LogP contribution in [-0.2, 0) is 4.74 Å². The lowest BCUT2D eigenvalue weighted by Crippen LogP contribution is -2.40. The monoisotopic (exact) mass is 280 g/mol. The van der Waals surface area contributed by atoms with E-state index in [1.165, 1.54) is 23.1 Å². The van der Waals surface area contributed by atoms with Crippen molar-refractivity contribution in [1.82, 2.24) is 4.90 Å². The van der Waals surface area contributed by atoms with Gasteiger partial charge in [0.15, 0.2) is 0 Å². The number of likely N-dealkylation sites (N-methyl/N-ethyl adjacent to an activating group) is 1. The van der Waals surface area contributed by atoms with Crippen LogP contribution in [0.5, 0.6) is 5.75 Å². The van der Waals surface area contributed by atoms with E-state index in [0.717, 1.165) is 6.42 Å². The van der Waals surface area contributed by atoms with E-state index in [0.29, 0.717) is 18.9 Å². The van der Waals surface area contributed by atoms with Crippen LogP contribution in [0.1, 0.15) is 16.8 Å². The number of phenols is 1. The second kappa shape index (κ2) is 5.79. The minimum absolute atomic E-state index is 0.0295. The van der Waals surface area contributed by atoms with Gasteiger partial charge in [0.25, 0.3) is 0 Å². The first-order chi connectivity index (χ1) is 9.49. The van der Waals surface area contributed by atoms with E-state index in [1.54, 1.807) is 7.05 Å². The summed E-state index contributed by atoms with van der Waals surface area (Å²) in [5.74, 6) is -1.61. The van der Waals surface area contributed by atoms with Crippen molar-refractivity contribution < 1.29 is 24.5 Å². The van der Waals surface area contributed by atoms with Gasteiger partial charge >= 0.3 is 12.0 Å². The zero-order valence-corrected chi connectivity index (χ0v) is 11.0. The van der Waals surface area contributed by atoms with Crippen molar-refractivity contribution in [3.8, 4) is 5.75 Å². The third kappa shape index (κ3) is 3.00. The van der Waals surface area contributed by atoms with Gasteiger partial charge in [-0.15, -0.1) is 0 Å². The number of aromatic hydroxyl groups is 1. The Morgan fingerprint density at radius 3 is 2.75 bits per heavy atom. The van der Waals surface area contributed by atoms with E-state index in [4.69, 9.17) is 9.84 Å². The summed E-state index contributed by atoms with van der Waals surface area (Å²) in [6.45, 7) is 1.14. The fraction of sp³-hybridized carbons (Fsp3) is 0.385. The summed E-state index contributed by atoms with van der Waals surface area (Å²) >= 11 is 0. The molecule has 1 fully saturated rings. The van der Waals surface area contributed by atoms with Crippen molar-refractivity contribution in [2.75, 3.05) is 25.6 Å². The Hall–Kier alpha value is -2.28. The highest BCUT2D eigenvalue weighted by molar-refractivity contribution is 5.94. The molecule has 2 rings (SSSR count). The number of aromatic carboxylic acids is 1. The Morgan fingerprint density at radius 1 is 1.45 bits per heavy atom. The molecule has 0 aliphatic carbocycles. The number of nitrogens with zero attached hydrogens (tertiary/aromatic N) is 1. The van der Waals surface area contributed by atoms with Crippen LogP contribution in [-0.4, -0.2) is 53.4 Å². The molecule has 1 aliphatic heterocycles. The molecule has 0 spiro atoms. The fourth-order valence-electron chi connectivity index (χ4n) is 2.00. The average Bonchev–Trinajstić information content (AvgIpc) is 2.91. The predicted molar refractivity (Wildman–Crippen MR) is 71.1 cm³/mol. The number of ether oxygens (including phenoxy) is 1. The molecule has 1 heterocycles. The molecule has 7 nitrogen and oxygen atoms in total. The molecule has 7 heteroatoms. The summed E-state index contributed by atoms with van der Waals surface area (Å²) in [6.07, 6.45) is 0.785. The maximum Gasteiger partial charge on any atom is 0.339 e. The van der Waals surface area contributed by atoms with Crippen molar-refractivity contribution in [3.05, 3.63) is 23.8 Å². The Balaban J connectivity index is 2.04. The number of hydrogen-bond donors (Lipinski definition) is 3. The van der Waals surface area contributed by atoms with Crippen LogP contribution in [0.25, 0.3) is 0 Å². The second-order valence-corrected chi connectivity index (χ2v) is 4.60. The highest BCUT2D eigenvalue weighted by atomic mass is 16.5. The van der Waals surface area contributed by atoms with Crippen LogP contribution in [0.3, 0.4) is 0 Å². The van der Waals surface area contributed by atoms with Gasteiger partial charge in [-0.05, 0) is 18.6 Å². The number of hydrogen-bond acceptors (Lipinski definition) is 4. The molecule has 20 heavy (non-hydrogen) atoms. The van der Waals surface area contributed by atoms with Gasteiger partial charge in [-0.2, -0.15) is 0 Å². The summed E-state index contributed by atoms with van der Waals surface area (Å²) in [6, 6.07) is 3.58. The Morgan fingerprint density at radius 2 is 2.20 bits per heavy atom. The number of urea groups is 1. The van der Waals surface area contributed by atoms with Crippen molar-refractivity contribution in [2.45, 2.75) is 12.5 Å². The maximum atomic E-state index is 12.0. The highest BCUT2D eigenvalue weighted by Crippen LogP contribution is 2.22. The molecule has 0 aromatic heterocycles. The van der Waals surface area contributed by atoms with Crippen molar-refractivity contribution >= 4 is 17.7 Å². The first-order valence-corrected chi connectivity index (χ1v) is 6.17. The standard InChI is InChI=1S/C13H16N2O5/c1-15(9-4-5-20-7-9)13(19)14-8-2-3-10(12(17)18)11(16)6-8/h2-3,6,9,16H,4-5,7H2,1H3,(H,14,19)(H,17,18). The lowest BCUT2D eigenvalue weighted by molar-refractivity contribution is 0.0694. The number of carbonyl (C=O) groups excluding carboxylic acids is 1. The third-order valence-electron chi connectivity index (χ3n) is 3.25. The highest BCUT2D eigenvalue weighted by Gasteiger charge is 2.24. The molecule has 1 unspecified atom stereocenters. The van der Waals surface area contributed by atoms with Crippen LogP contribution in [0, 0.1) is 0 Å². The van der Waals surface area contributed by atoms with Crippen LogP contribution in [0.4, 0.5) is 10.5 Å². The van der Waals surface area contributed by atoms with Gasteiger partial charge in [0.1, 0.15) is 11.3 Å². The molecule has 2 amide bonds. The molecule has 3 N–H and O–H groups in total. The summed E-state index contributed by atoms with van der Waals surface area (Å²) in [4.78, 5) is 24.3. The first-order valence-electron chi connectivity index (χ1n) is 6.17. The lowest BCUT2D eigenvalue weighted by Gasteiger charge is -2.23. The van der Waals surface area contributed by atoms with Crippen molar-refractivity contribution in [1.29, 1.82) is 0 Å². The van der Waals surface area contributed by atoms with Gasteiger partial charge in [0.2, 0.25) is 0 Å². The molecule has 1 aromatic carbocycles. The Kier molecular flexibility index (Phi) is 4.09. The minimum atomic E-state index is -1.22. The molecule has 1 saturated heterocycles. The lowest BCUT2D eigenvalue weighted by atomic mass is 10.2. The second-order valence-electron chi connectivity index (χ2n) is 4.60. The number of carboxylic acids is 1. The summed E-state index contributed by atoms with van der Waals surface area (Å²) in [7, 11) is 1.67. The number of amides is 2. The molecule has 0 bridgehead atoms. The van der Waals surface area contributed by atoms with Crippen LogP contribution < -0.4 is 5.32 Å². The van der Waals surface area contributed by atoms with E-state index in [-0.39, 0.29) is 23.4 Å². The molecule has 1 aromatic rings. The maximum absolute atomic E-state index is 12.0.